The summed E-state index contributed by atoms with van der Waals surface area (Å²) >= 11 is 0. The number of rotatable bonds is 4. The van der Waals surface area contributed by atoms with Gasteiger partial charge in [-0.1, -0.05) is 12.2 Å². The molecule has 0 amide bonds. The summed E-state index contributed by atoms with van der Waals surface area (Å²) in [5, 5.41) is 0. The maximum atomic E-state index is 10.2. The predicted octanol–water partition coefficient (Wildman–Crippen LogP) is 2.18. The Bertz CT molecular complexity index is 193. The summed E-state index contributed by atoms with van der Waals surface area (Å²) < 4.78 is 0. The summed E-state index contributed by atoms with van der Waals surface area (Å²) in [4.78, 5) is 10.2. The van der Waals surface area contributed by atoms with E-state index in [-0.39, 0.29) is 5.92 Å². The summed E-state index contributed by atoms with van der Waals surface area (Å²) in [5.74, 6) is 6.00. The van der Waals surface area contributed by atoms with E-state index in [1.807, 2.05) is 6.92 Å². The number of aldehydes is 1. The van der Waals surface area contributed by atoms with Crippen molar-refractivity contribution in [3.8, 4) is 11.8 Å². The average molecular weight is 150 g/mol. The zero-order valence-corrected chi connectivity index (χ0v) is 7.18. The van der Waals surface area contributed by atoms with Crippen molar-refractivity contribution in [2.75, 3.05) is 0 Å². The molecule has 0 N–H and O–H groups in total. The third-order valence-corrected chi connectivity index (χ3v) is 1.60. The Morgan fingerprint density at radius 1 is 1.73 bits per heavy atom. The van der Waals surface area contributed by atoms with E-state index in [4.69, 9.17) is 0 Å². The topological polar surface area (TPSA) is 17.1 Å². The van der Waals surface area contributed by atoms with Crippen LogP contribution in [0.25, 0.3) is 0 Å². The Morgan fingerprint density at radius 3 is 2.73 bits per heavy atom. The molecule has 1 nitrogen and oxygen atoms in total. The molecule has 0 heterocycles. The summed E-state index contributed by atoms with van der Waals surface area (Å²) in [6, 6.07) is 0. The van der Waals surface area contributed by atoms with Gasteiger partial charge in [-0.15, -0.1) is 11.8 Å². The minimum absolute atomic E-state index is 0.250. The fraction of sp³-hybridized carbons (Fsp3) is 0.500. The molecule has 11 heavy (non-hydrogen) atoms. The molecule has 0 unspecified atom stereocenters. The second-order valence-electron chi connectivity index (χ2n) is 2.58. The molecule has 0 aliphatic carbocycles. The third kappa shape index (κ3) is 4.38. The number of carbonyl (C=O) groups excluding carboxylic acids is 1. The van der Waals surface area contributed by atoms with Crippen LogP contribution < -0.4 is 0 Å². The van der Waals surface area contributed by atoms with Crippen molar-refractivity contribution >= 4 is 6.29 Å². The summed E-state index contributed by atoms with van der Waals surface area (Å²) in [5.41, 5.74) is 1.04. The van der Waals surface area contributed by atoms with E-state index in [0.717, 1.165) is 18.3 Å². The van der Waals surface area contributed by atoms with Gasteiger partial charge in [-0.05, 0) is 19.8 Å². The molecular weight excluding hydrogens is 136 g/mol. The number of carbonyl (C=O) groups is 1. The molecular formula is C10H14O. The van der Waals surface area contributed by atoms with Gasteiger partial charge in [0.1, 0.15) is 6.29 Å². The molecule has 0 aromatic rings. The molecule has 0 fully saturated rings. The Hall–Kier alpha value is -1.03. The number of hydrogen-bond donors (Lipinski definition) is 0. The van der Waals surface area contributed by atoms with Crippen LogP contribution in [0.5, 0.6) is 0 Å². The number of allylic oxidation sites excluding steroid dienone is 1. The zero-order chi connectivity index (χ0) is 8.69. The first-order valence-electron chi connectivity index (χ1n) is 3.71. The van der Waals surface area contributed by atoms with Crippen LogP contribution in [0.2, 0.25) is 0 Å². The highest BCUT2D eigenvalue weighted by Crippen LogP contribution is 2.14. The van der Waals surface area contributed by atoms with Gasteiger partial charge < -0.3 is 4.79 Å². The second kappa shape index (κ2) is 5.73. The van der Waals surface area contributed by atoms with Crippen LogP contribution in [-0.4, -0.2) is 6.29 Å². The highest BCUT2D eigenvalue weighted by Gasteiger charge is 2.05. The molecule has 0 aromatic carbocycles. The molecule has 0 aliphatic heterocycles. The monoisotopic (exact) mass is 150 g/mol. The molecule has 0 aliphatic rings. The van der Waals surface area contributed by atoms with Crippen LogP contribution in [-0.2, 0) is 4.79 Å². The lowest BCUT2D eigenvalue weighted by atomic mass is 9.95. The first kappa shape index (κ1) is 9.97. The van der Waals surface area contributed by atoms with Crippen molar-refractivity contribution in [1.29, 1.82) is 0 Å². The lowest BCUT2D eigenvalue weighted by molar-refractivity contribution is -0.108. The minimum Gasteiger partial charge on any atom is -0.303 e. The fourth-order valence-corrected chi connectivity index (χ4v) is 0.800. The Balaban J connectivity index is 3.95. The highest BCUT2D eigenvalue weighted by atomic mass is 16.1. The van der Waals surface area contributed by atoms with Crippen LogP contribution in [0.1, 0.15) is 26.7 Å². The summed E-state index contributed by atoms with van der Waals surface area (Å²) in [7, 11) is 0. The SMILES string of the molecule is C=C(C)[C@@H](CC#CC)CC=O. The van der Waals surface area contributed by atoms with Crippen molar-refractivity contribution in [2.24, 2.45) is 5.92 Å². The van der Waals surface area contributed by atoms with Gasteiger partial charge in [-0.2, -0.15) is 0 Å². The molecule has 0 bridgehead atoms. The van der Waals surface area contributed by atoms with Gasteiger partial charge >= 0.3 is 0 Å². The van der Waals surface area contributed by atoms with Crippen molar-refractivity contribution in [2.45, 2.75) is 26.7 Å². The van der Waals surface area contributed by atoms with E-state index in [1.165, 1.54) is 0 Å². The normalized spacial score (nSPS) is 11.1. The molecule has 1 heteroatoms. The van der Waals surface area contributed by atoms with Crippen LogP contribution in [0.4, 0.5) is 0 Å². The van der Waals surface area contributed by atoms with E-state index in [2.05, 4.69) is 18.4 Å². The van der Waals surface area contributed by atoms with E-state index in [9.17, 15) is 4.79 Å². The average Bonchev–Trinajstić information content (AvgIpc) is 1.97. The van der Waals surface area contributed by atoms with E-state index in [1.54, 1.807) is 6.92 Å². The zero-order valence-electron chi connectivity index (χ0n) is 7.18. The highest BCUT2D eigenvalue weighted by molar-refractivity contribution is 5.50. The standard InChI is InChI=1S/C10H14O/c1-4-5-6-10(7-8-11)9(2)3/h8,10H,2,6-7H2,1,3H3/t10-/m0/s1. The maximum absolute atomic E-state index is 10.2. The van der Waals surface area contributed by atoms with Crippen LogP contribution >= 0.6 is 0 Å². The molecule has 0 aromatic heterocycles. The van der Waals surface area contributed by atoms with Crippen molar-refractivity contribution in [3.05, 3.63) is 12.2 Å². The molecule has 1 atom stereocenters. The van der Waals surface area contributed by atoms with Gasteiger partial charge in [0.15, 0.2) is 0 Å². The van der Waals surface area contributed by atoms with Gasteiger partial charge in [0, 0.05) is 12.8 Å². The first-order valence-corrected chi connectivity index (χ1v) is 3.71. The Labute approximate surface area is 68.5 Å². The van der Waals surface area contributed by atoms with Gasteiger partial charge in [0.2, 0.25) is 0 Å². The molecule has 0 rings (SSSR count). The lowest BCUT2D eigenvalue weighted by Gasteiger charge is -2.08. The summed E-state index contributed by atoms with van der Waals surface area (Å²) in [6.07, 6.45) is 2.23. The van der Waals surface area contributed by atoms with Crippen molar-refractivity contribution < 1.29 is 4.79 Å². The molecule has 0 saturated heterocycles. The molecule has 60 valence electrons. The van der Waals surface area contributed by atoms with Gasteiger partial charge in [0.25, 0.3) is 0 Å². The van der Waals surface area contributed by atoms with Crippen LogP contribution in [0.15, 0.2) is 12.2 Å². The number of hydrogen-bond acceptors (Lipinski definition) is 1. The first-order chi connectivity index (χ1) is 5.22. The van der Waals surface area contributed by atoms with Crippen LogP contribution in [0, 0.1) is 17.8 Å². The lowest BCUT2D eigenvalue weighted by Crippen LogP contribution is -2.00. The van der Waals surface area contributed by atoms with E-state index < -0.39 is 0 Å². The molecule has 0 radical (unpaired) electrons. The second-order valence-corrected chi connectivity index (χ2v) is 2.58. The largest absolute Gasteiger partial charge is 0.303 e. The van der Waals surface area contributed by atoms with E-state index >= 15 is 0 Å². The predicted molar refractivity (Wildman–Crippen MR) is 47.1 cm³/mol. The van der Waals surface area contributed by atoms with Gasteiger partial charge in [0.05, 0.1) is 0 Å². The third-order valence-electron chi connectivity index (χ3n) is 1.60. The molecule has 0 spiro atoms. The Morgan fingerprint density at radius 2 is 2.36 bits per heavy atom. The van der Waals surface area contributed by atoms with Gasteiger partial charge in [-0.3, -0.25) is 0 Å². The fourth-order valence-electron chi connectivity index (χ4n) is 0.800. The summed E-state index contributed by atoms with van der Waals surface area (Å²) in [6.45, 7) is 7.54. The van der Waals surface area contributed by atoms with Crippen LogP contribution in [0.3, 0.4) is 0 Å². The van der Waals surface area contributed by atoms with Crippen molar-refractivity contribution in [3.63, 3.8) is 0 Å². The Kier molecular flexibility index (Phi) is 5.20. The molecule has 0 saturated carbocycles. The smallest absolute Gasteiger partial charge is 0.120 e. The minimum atomic E-state index is 0.250. The maximum Gasteiger partial charge on any atom is 0.120 e. The van der Waals surface area contributed by atoms with E-state index in [0.29, 0.717) is 6.42 Å². The quantitative estimate of drug-likeness (QED) is 0.341. The van der Waals surface area contributed by atoms with Gasteiger partial charge in [-0.25, -0.2) is 0 Å². The van der Waals surface area contributed by atoms with Crippen molar-refractivity contribution in [1.82, 2.24) is 0 Å².